The van der Waals surface area contributed by atoms with E-state index in [1.54, 1.807) is 0 Å². The van der Waals surface area contributed by atoms with E-state index in [1.807, 2.05) is 6.92 Å². The molecule has 118 valence electrons. The zero-order chi connectivity index (χ0) is 15.5. The van der Waals surface area contributed by atoms with Gasteiger partial charge in [0.2, 0.25) is 10.0 Å². The Bertz CT molecular complexity index is 583. The van der Waals surface area contributed by atoms with E-state index < -0.39 is 15.8 Å². The summed E-state index contributed by atoms with van der Waals surface area (Å²) in [5.74, 6) is -0.221. The predicted octanol–water partition coefficient (Wildman–Crippen LogP) is 2.53. The summed E-state index contributed by atoms with van der Waals surface area (Å²) in [6.45, 7) is 1.95. The highest BCUT2D eigenvalue weighted by molar-refractivity contribution is 7.89. The molecule has 0 heterocycles. The van der Waals surface area contributed by atoms with E-state index in [2.05, 4.69) is 4.72 Å². The molecule has 1 aromatic rings. The van der Waals surface area contributed by atoms with Gasteiger partial charge in [-0.05, 0) is 43.4 Å². The summed E-state index contributed by atoms with van der Waals surface area (Å²) >= 11 is 0. The molecular weight excluding hydrogens is 291 g/mol. The molecule has 0 radical (unpaired) electrons. The molecule has 4 nitrogen and oxygen atoms in total. The Labute approximate surface area is 126 Å². The second-order valence-electron chi connectivity index (χ2n) is 5.76. The summed E-state index contributed by atoms with van der Waals surface area (Å²) < 4.78 is 41.0. The number of sulfonamides is 1. The van der Waals surface area contributed by atoms with Gasteiger partial charge in [0.05, 0.1) is 4.90 Å². The Morgan fingerprint density at radius 1 is 1.33 bits per heavy atom. The van der Waals surface area contributed by atoms with E-state index in [0.717, 1.165) is 31.7 Å². The Hall–Kier alpha value is -0.980. The van der Waals surface area contributed by atoms with Crippen LogP contribution in [0.15, 0.2) is 23.1 Å². The van der Waals surface area contributed by atoms with E-state index in [-0.39, 0.29) is 17.5 Å². The molecule has 21 heavy (non-hydrogen) atoms. The van der Waals surface area contributed by atoms with Crippen molar-refractivity contribution in [2.75, 3.05) is 0 Å². The summed E-state index contributed by atoms with van der Waals surface area (Å²) in [6, 6.07) is 3.54. The predicted molar refractivity (Wildman–Crippen MR) is 80.6 cm³/mol. The summed E-state index contributed by atoms with van der Waals surface area (Å²) in [4.78, 5) is -0.0485. The maximum atomic E-state index is 13.4. The molecule has 2 rings (SSSR count). The Morgan fingerprint density at radius 2 is 2.00 bits per heavy atom. The topological polar surface area (TPSA) is 72.2 Å². The fourth-order valence-corrected chi connectivity index (χ4v) is 4.56. The molecule has 1 aliphatic rings. The van der Waals surface area contributed by atoms with Crippen LogP contribution in [-0.2, 0) is 16.6 Å². The minimum absolute atomic E-state index is 0.0485. The van der Waals surface area contributed by atoms with Gasteiger partial charge in [0.1, 0.15) is 5.82 Å². The standard InChI is InChI=1S/C15H23FN2O2S/c1-11(12-5-3-2-4-6-12)18-21(19,20)15-9-14(16)8-7-13(15)10-17/h7-9,11-12,18H,2-6,10,17H2,1H3. The van der Waals surface area contributed by atoms with Crippen LogP contribution in [0.4, 0.5) is 4.39 Å². The molecule has 0 amide bonds. The van der Waals surface area contributed by atoms with Crippen LogP contribution < -0.4 is 10.5 Å². The summed E-state index contributed by atoms with van der Waals surface area (Å²) in [5.41, 5.74) is 5.99. The summed E-state index contributed by atoms with van der Waals surface area (Å²) in [5, 5.41) is 0. The Morgan fingerprint density at radius 3 is 2.62 bits per heavy atom. The normalized spacial score (nSPS) is 18.6. The molecule has 6 heteroatoms. The monoisotopic (exact) mass is 314 g/mol. The number of halogens is 1. The lowest BCUT2D eigenvalue weighted by atomic mass is 9.85. The lowest BCUT2D eigenvalue weighted by Crippen LogP contribution is -2.39. The number of hydrogen-bond acceptors (Lipinski definition) is 3. The van der Waals surface area contributed by atoms with Gasteiger partial charge in [0, 0.05) is 12.6 Å². The van der Waals surface area contributed by atoms with Gasteiger partial charge in [-0.1, -0.05) is 25.3 Å². The highest BCUT2D eigenvalue weighted by Crippen LogP contribution is 2.27. The number of nitrogens with two attached hydrogens (primary N) is 1. The van der Waals surface area contributed by atoms with Crippen LogP contribution in [0.5, 0.6) is 0 Å². The second kappa shape index (κ2) is 6.85. The van der Waals surface area contributed by atoms with Crippen molar-refractivity contribution < 1.29 is 12.8 Å². The molecule has 0 aromatic heterocycles. The number of hydrogen-bond donors (Lipinski definition) is 2. The van der Waals surface area contributed by atoms with Crippen LogP contribution in [0, 0.1) is 11.7 Å². The van der Waals surface area contributed by atoms with Gasteiger partial charge in [0.25, 0.3) is 0 Å². The van der Waals surface area contributed by atoms with Crippen molar-refractivity contribution in [3.8, 4) is 0 Å². The van der Waals surface area contributed by atoms with Gasteiger partial charge < -0.3 is 5.73 Å². The van der Waals surface area contributed by atoms with E-state index >= 15 is 0 Å². The van der Waals surface area contributed by atoms with E-state index in [0.29, 0.717) is 11.5 Å². The van der Waals surface area contributed by atoms with Gasteiger partial charge in [-0.25, -0.2) is 17.5 Å². The third-order valence-corrected chi connectivity index (χ3v) is 5.88. The fourth-order valence-electron chi connectivity index (χ4n) is 2.99. The van der Waals surface area contributed by atoms with Crippen LogP contribution in [0.2, 0.25) is 0 Å². The molecular formula is C15H23FN2O2S. The van der Waals surface area contributed by atoms with Gasteiger partial charge in [0.15, 0.2) is 0 Å². The van der Waals surface area contributed by atoms with E-state index in [9.17, 15) is 12.8 Å². The van der Waals surface area contributed by atoms with Crippen molar-refractivity contribution in [1.29, 1.82) is 0 Å². The third-order valence-electron chi connectivity index (χ3n) is 4.24. The zero-order valence-electron chi connectivity index (χ0n) is 12.3. The molecule has 0 aliphatic heterocycles. The van der Waals surface area contributed by atoms with Crippen LogP contribution in [0.1, 0.15) is 44.6 Å². The maximum absolute atomic E-state index is 13.4. The van der Waals surface area contributed by atoms with Crippen molar-refractivity contribution in [2.24, 2.45) is 11.7 Å². The van der Waals surface area contributed by atoms with Crippen LogP contribution in [0.25, 0.3) is 0 Å². The first-order valence-corrected chi connectivity index (χ1v) is 8.93. The average molecular weight is 314 g/mol. The van der Waals surface area contributed by atoms with Gasteiger partial charge in [-0.15, -0.1) is 0 Å². The molecule has 1 unspecified atom stereocenters. The summed E-state index contributed by atoms with van der Waals surface area (Å²) in [6.07, 6.45) is 5.58. The van der Waals surface area contributed by atoms with E-state index in [4.69, 9.17) is 5.73 Å². The number of rotatable bonds is 5. The molecule has 0 saturated heterocycles. The lowest BCUT2D eigenvalue weighted by molar-refractivity contribution is 0.303. The average Bonchev–Trinajstić information content (AvgIpc) is 2.47. The van der Waals surface area contributed by atoms with Crippen molar-refractivity contribution in [2.45, 2.75) is 56.5 Å². The van der Waals surface area contributed by atoms with Gasteiger partial charge >= 0.3 is 0 Å². The number of benzene rings is 1. The molecule has 3 N–H and O–H groups in total. The molecule has 1 fully saturated rings. The van der Waals surface area contributed by atoms with Crippen LogP contribution in [-0.4, -0.2) is 14.5 Å². The smallest absolute Gasteiger partial charge is 0.241 e. The first kappa shape index (κ1) is 16.4. The second-order valence-corrected chi connectivity index (χ2v) is 7.45. The molecule has 1 aliphatic carbocycles. The third kappa shape index (κ3) is 4.02. The SMILES string of the molecule is CC(NS(=O)(=O)c1cc(F)ccc1CN)C1CCCCC1. The minimum Gasteiger partial charge on any atom is -0.326 e. The molecule has 1 saturated carbocycles. The lowest BCUT2D eigenvalue weighted by Gasteiger charge is -2.28. The van der Waals surface area contributed by atoms with Gasteiger partial charge in [-0.3, -0.25) is 0 Å². The fraction of sp³-hybridized carbons (Fsp3) is 0.600. The molecule has 1 atom stereocenters. The summed E-state index contributed by atoms with van der Waals surface area (Å²) in [7, 11) is -3.74. The highest BCUT2D eigenvalue weighted by atomic mass is 32.2. The molecule has 0 bridgehead atoms. The van der Waals surface area contributed by atoms with Gasteiger partial charge in [-0.2, -0.15) is 0 Å². The minimum atomic E-state index is -3.74. The maximum Gasteiger partial charge on any atom is 0.241 e. The van der Waals surface area contributed by atoms with Crippen molar-refractivity contribution in [1.82, 2.24) is 4.72 Å². The first-order valence-electron chi connectivity index (χ1n) is 7.45. The quantitative estimate of drug-likeness (QED) is 0.877. The van der Waals surface area contributed by atoms with Crippen molar-refractivity contribution in [3.63, 3.8) is 0 Å². The van der Waals surface area contributed by atoms with Crippen molar-refractivity contribution >= 4 is 10.0 Å². The van der Waals surface area contributed by atoms with Crippen LogP contribution >= 0.6 is 0 Å². The first-order chi connectivity index (χ1) is 9.94. The Balaban J connectivity index is 2.19. The van der Waals surface area contributed by atoms with E-state index in [1.165, 1.54) is 18.6 Å². The van der Waals surface area contributed by atoms with Crippen molar-refractivity contribution in [3.05, 3.63) is 29.6 Å². The molecule has 1 aromatic carbocycles. The largest absolute Gasteiger partial charge is 0.326 e. The zero-order valence-corrected chi connectivity index (χ0v) is 13.1. The highest BCUT2D eigenvalue weighted by Gasteiger charge is 2.26. The van der Waals surface area contributed by atoms with Crippen LogP contribution in [0.3, 0.4) is 0 Å². The number of nitrogens with one attached hydrogen (secondary N) is 1. The molecule has 0 spiro atoms. The Kier molecular flexibility index (Phi) is 5.35.